The summed E-state index contributed by atoms with van der Waals surface area (Å²) < 4.78 is 0. The number of fused-ring (bicyclic) bond motifs is 1. The van der Waals surface area contributed by atoms with E-state index in [1.807, 2.05) is 0 Å². The van der Waals surface area contributed by atoms with Gasteiger partial charge in [0, 0.05) is 16.8 Å². The maximum atomic E-state index is 3.53. The van der Waals surface area contributed by atoms with Gasteiger partial charge in [0.15, 0.2) is 0 Å². The fourth-order valence-electron chi connectivity index (χ4n) is 2.54. The SMILES string of the molecule is Cc1cc(C)cc(Nc2cccc3ccccc23)c1. The standard InChI is InChI=1S/C18H17N/c1-13-10-14(2)12-16(11-13)19-18-9-5-7-15-6-3-4-8-17(15)18/h3-12,19H,1-2H3. The third-order valence-electron chi connectivity index (χ3n) is 3.29. The molecule has 0 saturated carbocycles. The number of rotatable bonds is 2. The Kier molecular flexibility index (Phi) is 2.96. The van der Waals surface area contributed by atoms with Crippen LogP contribution >= 0.6 is 0 Å². The number of hydrogen-bond acceptors (Lipinski definition) is 1. The van der Waals surface area contributed by atoms with E-state index in [9.17, 15) is 0 Å². The van der Waals surface area contributed by atoms with E-state index in [1.165, 1.54) is 21.9 Å². The lowest BCUT2D eigenvalue weighted by Crippen LogP contribution is -1.92. The molecule has 0 aliphatic rings. The van der Waals surface area contributed by atoms with E-state index in [-0.39, 0.29) is 0 Å². The van der Waals surface area contributed by atoms with Gasteiger partial charge in [-0.25, -0.2) is 0 Å². The average molecular weight is 247 g/mol. The van der Waals surface area contributed by atoms with E-state index in [0.29, 0.717) is 0 Å². The van der Waals surface area contributed by atoms with Gasteiger partial charge in [-0.15, -0.1) is 0 Å². The molecular formula is C18H17N. The second-order valence-corrected chi connectivity index (χ2v) is 5.03. The fraction of sp³-hybridized carbons (Fsp3) is 0.111. The van der Waals surface area contributed by atoms with Crippen molar-refractivity contribution in [1.29, 1.82) is 0 Å². The Morgan fingerprint density at radius 1 is 0.737 bits per heavy atom. The molecule has 3 aromatic carbocycles. The summed E-state index contributed by atoms with van der Waals surface area (Å²) in [7, 11) is 0. The molecule has 0 aliphatic carbocycles. The van der Waals surface area contributed by atoms with Gasteiger partial charge in [-0.2, -0.15) is 0 Å². The van der Waals surface area contributed by atoms with Crippen molar-refractivity contribution >= 4 is 22.1 Å². The van der Waals surface area contributed by atoms with Crippen LogP contribution in [-0.4, -0.2) is 0 Å². The minimum absolute atomic E-state index is 1.15. The van der Waals surface area contributed by atoms with E-state index in [0.717, 1.165) is 11.4 Å². The van der Waals surface area contributed by atoms with Gasteiger partial charge in [-0.05, 0) is 48.6 Å². The van der Waals surface area contributed by atoms with Gasteiger partial charge in [0.2, 0.25) is 0 Å². The number of aryl methyl sites for hydroxylation is 2. The summed E-state index contributed by atoms with van der Waals surface area (Å²) in [6, 6.07) is 21.3. The Morgan fingerprint density at radius 3 is 2.21 bits per heavy atom. The molecule has 0 bridgehead atoms. The summed E-state index contributed by atoms with van der Waals surface area (Å²) in [6.45, 7) is 4.25. The summed E-state index contributed by atoms with van der Waals surface area (Å²) >= 11 is 0. The molecule has 19 heavy (non-hydrogen) atoms. The molecule has 0 fully saturated rings. The summed E-state index contributed by atoms with van der Waals surface area (Å²) in [5.41, 5.74) is 4.86. The molecule has 0 aliphatic heterocycles. The molecule has 0 saturated heterocycles. The van der Waals surface area contributed by atoms with Crippen LogP contribution in [0.3, 0.4) is 0 Å². The normalized spacial score (nSPS) is 10.6. The molecule has 0 atom stereocenters. The topological polar surface area (TPSA) is 12.0 Å². The van der Waals surface area contributed by atoms with Crippen molar-refractivity contribution in [3.05, 3.63) is 71.8 Å². The van der Waals surface area contributed by atoms with Crippen molar-refractivity contribution in [3.63, 3.8) is 0 Å². The summed E-state index contributed by atoms with van der Waals surface area (Å²) in [5.74, 6) is 0. The molecule has 3 aromatic rings. The Hall–Kier alpha value is -2.28. The highest BCUT2D eigenvalue weighted by molar-refractivity contribution is 5.95. The Morgan fingerprint density at radius 2 is 1.42 bits per heavy atom. The number of benzene rings is 3. The van der Waals surface area contributed by atoms with Gasteiger partial charge in [0.25, 0.3) is 0 Å². The highest BCUT2D eigenvalue weighted by Crippen LogP contribution is 2.27. The molecule has 0 heterocycles. The maximum absolute atomic E-state index is 3.53. The van der Waals surface area contributed by atoms with E-state index in [2.05, 4.69) is 79.8 Å². The quantitative estimate of drug-likeness (QED) is 0.656. The molecule has 1 N–H and O–H groups in total. The van der Waals surface area contributed by atoms with Gasteiger partial charge in [0.1, 0.15) is 0 Å². The van der Waals surface area contributed by atoms with Crippen molar-refractivity contribution in [1.82, 2.24) is 0 Å². The van der Waals surface area contributed by atoms with Gasteiger partial charge in [0.05, 0.1) is 0 Å². The summed E-state index contributed by atoms with van der Waals surface area (Å²) in [4.78, 5) is 0. The van der Waals surface area contributed by atoms with E-state index >= 15 is 0 Å². The summed E-state index contributed by atoms with van der Waals surface area (Å²) in [5, 5.41) is 6.04. The zero-order valence-electron chi connectivity index (χ0n) is 11.3. The largest absolute Gasteiger partial charge is 0.355 e. The van der Waals surface area contributed by atoms with E-state index in [1.54, 1.807) is 0 Å². The third kappa shape index (κ3) is 2.45. The van der Waals surface area contributed by atoms with Crippen molar-refractivity contribution < 1.29 is 0 Å². The highest BCUT2D eigenvalue weighted by Gasteiger charge is 2.01. The highest BCUT2D eigenvalue weighted by atomic mass is 14.9. The lowest BCUT2D eigenvalue weighted by molar-refractivity contribution is 1.38. The first kappa shape index (κ1) is 11.8. The molecule has 3 rings (SSSR count). The summed E-state index contributed by atoms with van der Waals surface area (Å²) in [6.07, 6.45) is 0. The van der Waals surface area contributed by atoms with Crippen LogP contribution < -0.4 is 5.32 Å². The molecule has 0 aromatic heterocycles. The minimum Gasteiger partial charge on any atom is -0.355 e. The van der Waals surface area contributed by atoms with Crippen molar-refractivity contribution in [2.45, 2.75) is 13.8 Å². The maximum Gasteiger partial charge on any atom is 0.0463 e. The van der Waals surface area contributed by atoms with Crippen LogP contribution in [0.2, 0.25) is 0 Å². The lowest BCUT2D eigenvalue weighted by atomic mass is 10.1. The van der Waals surface area contributed by atoms with Crippen LogP contribution in [0, 0.1) is 13.8 Å². The number of hydrogen-bond donors (Lipinski definition) is 1. The lowest BCUT2D eigenvalue weighted by Gasteiger charge is -2.11. The first-order valence-electron chi connectivity index (χ1n) is 6.55. The van der Waals surface area contributed by atoms with E-state index < -0.39 is 0 Å². The zero-order valence-corrected chi connectivity index (χ0v) is 11.3. The van der Waals surface area contributed by atoms with Crippen LogP contribution in [0.4, 0.5) is 11.4 Å². The first-order chi connectivity index (χ1) is 9.22. The third-order valence-corrected chi connectivity index (χ3v) is 3.29. The molecule has 1 heteroatoms. The van der Waals surface area contributed by atoms with Crippen LogP contribution in [0.25, 0.3) is 10.8 Å². The fourth-order valence-corrected chi connectivity index (χ4v) is 2.54. The predicted molar refractivity (Wildman–Crippen MR) is 83.1 cm³/mol. The van der Waals surface area contributed by atoms with Crippen LogP contribution in [-0.2, 0) is 0 Å². The van der Waals surface area contributed by atoms with Crippen molar-refractivity contribution in [2.75, 3.05) is 5.32 Å². The monoisotopic (exact) mass is 247 g/mol. The average Bonchev–Trinajstić information content (AvgIpc) is 2.38. The Labute approximate surface area is 113 Å². The van der Waals surface area contributed by atoms with Gasteiger partial charge >= 0.3 is 0 Å². The van der Waals surface area contributed by atoms with E-state index in [4.69, 9.17) is 0 Å². The van der Waals surface area contributed by atoms with Crippen LogP contribution in [0.1, 0.15) is 11.1 Å². The predicted octanol–water partition coefficient (Wildman–Crippen LogP) is 5.20. The molecule has 94 valence electrons. The van der Waals surface area contributed by atoms with Crippen LogP contribution in [0.5, 0.6) is 0 Å². The zero-order chi connectivity index (χ0) is 13.2. The second kappa shape index (κ2) is 4.77. The van der Waals surface area contributed by atoms with Gasteiger partial charge in [-0.1, -0.05) is 42.5 Å². The first-order valence-corrected chi connectivity index (χ1v) is 6.55. The van der Waals surface area contributed by atoms with Crippen molar-refractivity contribution in [2.24, 2.45) is 0 Å². The molecule has 0 amide bonds. The molecule has 0 unspecified atom stereocenters. The number of nitrogens with one attached hydrogen (secondary N) is 1. The molecule has 1 nitrogen and oxygen atoms in total. The molecule has 0 radical (unpaired) electrons. The molecule has 0 spiro atoms. The van der Waals surface area contributed by atoms with Crippen LogP contribution in [0.15, 0.2) is 60.7 Å². The molecular weight excluding hydrogens is 230 g/mol. The number of anilines is 2. The Balaban J connectivity index is 2.05. The smallest absolute Gasteiger partial charge is 0.0463 e. The van der Waals surface area contributed by atoms with Crippen molar-refractivity contribution in [3.8, 4) is 0 Å². The Bertz CT molecular complexity index is 703. The second-order valence-electron chi connectivity index (χ2n) is 5.03. The van der Waals surface area contributed by atoms with Gasteiger partial charge < -0.3 is 5.32 Å². The minimum atomic E-state index is 1.15. The van der Waals surface area contributed by atoms with Gasteiger partial charge in [-0.3, -0.25) is 0 Å².